The minimum atomic E-state index is -1.17. The molecular weight excluding hydrogens is 484 g/mol. The first kappa shape index (κ1) is 30.4. The van der Waals surface area contributed by atoms with Gasteiger partial charge >= 0.3 is 5.97 Å². The molecule has 3 aliphatic rings. The molecule has 38 heavy (non-hydrogen) atoms. The fourth-order valence-corrected chi connectivity index (χ4v) is 7.18. The molecule has 0 saturated carbocycles. The Morgan fingerprint density at radius 3 is 2.53 bits per heavy atom. The van der Waals surface area contributed by atoms with E-state index in [0.717, 1.165) is 19.3 Å². The summed E-state index contributed by atoms with van der Waals surface area (Å²) in [5.74, 6) is -2.79. The smallest absolute Gasteiger partial charge is 0.312 e. The molecule has 1 spiro atoms. The van der Waals surface area contributed by atoms with Crippen molar-refractivity contribution >= 4 is 17.8 Å². The molecule has 0 aromatic rings. The first-order valence-corrected chi connectivity index (χ1v) is 14.3. The Morgan fingerprint density at radius 2 is 1.97 bits per heavy atom. The molecule has 3 aliphatic heterocycles. The molecule has 4 unspecified atom stereocenters. The van der Waals surface area contributed by atoms with Crippen molar-refractivity contribution < 1.29 is 29.0 Å². The second-order valence-electron chi connectivity index (χ2n) is 11.7. The van der Waals surface area contributed by atoms with E-state index in [9.17, 15) is 19.5 Å². The molecule has 0 aromatic carbocycles. The Balaban J connectivity index is 2.17. The highest BCUT2D eigenvalue weighted by molar-refractivity contribution is 5.99. The lowest BCUT2D eigenvalue weighted by molar-refractivity contribution is -0.164. The third-order valence-corrected chi connectivity index (χ3v) is 9.50. The van der Waals surface area contributed by atoms with Gasteiger partial charge in [0.25, 0.3) is 0 Å². The fourth-order valence-electron chi connectivity index (χ4n) is 7.18. The Morgan fingerprint density at radius 1 is 1.29 bits per heavy atom. The van der Waals surface area contributed by atoms with Gasteiger partial charge in [-0.3, -0.25) is 14.4 Å². The largest absolute Gasteiger partial charge is 0.465 e. The van der Waals surface area contributed by atoms with Gasteiger partial charge in [0.2, 0.25) is 11.8 Å². The Kier molecular flexibility index (Phi) is 9.51. The predicted molar refractivity (Wildman–Crippen MR) is 146 cm³/mol. The number of hydrogen-bond donors (Lipinski definition) is 1. The lowest BCUT2D eigenvalue weighted by Crippen LogP contribution is -2.61. The summed E-state index contributed by atoms with van der Waals surface area (Å²) in [4.78, 5) is 45.8. The van der Waals surface area contributed by atoms with Crippen LogP contribution in [0.1, 0.15) is 73.6 Å². The Bertz CT molecular complexity index is 922. The molecule has 3 heterocycles. The third kappa shape index (κ3) is 4.72. The number of nitrogens with zero attached hydrogens (tertiary/aromatic N) is 2. The van der Waals surface area contributed by atoms with Gasteiger partial charge in [-0.05, 0) is 44.9 Å². The van der Waals surface area contributed by atoms with E-state index in [1.807, 2.05) is 34.6 Å². The second-order valence-corrected chi connectivity index (χ2v) is 11.7. The first-order valence-electron chi connectivity index (χ1n) is 14.3. The van der Waals surface area contributed by atoms with Crippen molar-refractivity contribution in [3.8, 4) is 0 Å². The van der Waals surface area contributed by atoms with E-state index < -0.39 is 41.1 Å². The van der Waals surface area contributed by atoms with E-state index in [0.29, 0.717) is 19.4 Å². The van der Waals surface area contributed by atoms with Gasteiger partial charge in [-0.25, -0.2) is 0 Å². The Labute approximate surface area is 228 Å². The molecule has 3 fully saturated rings. The zero-order chi connectivity index (χ0) is 28.4. The summed E-state index contributed by atoms with van der Waals surface area (Å²) in [7, 11) is 0. The molecular formula is C30H48N2O6. The van der Waals surface area contributed by atoms with Gasteiger partial charge in [0.1, 0.15) is 17.6 Å². The normalized spacial score (nSPS) is 34.0. The van der Waals surface area contributed by atoms with Crippen LogP contribution in [0.4, 0.5) is 0 Å². The molecule has 0 aromatic heterocycles. The number of amides is 2. The van der Waals surface area contributed by atoms with Gasteiger partial charge in [-0.2, -0.15) is 0 Å². The highest BCUT2D eigenvalue weighted by Crippen LogP contribution is 2.66. The minimum Gasteiger partial charge on any atom is -0.465 e. The average Bonchev–Trinajstić information content (AvgIpc) is 3.39. The van der Waals surface area contributed by atoms with E-state index in [2.05, 4.69) is 20.1 Å². The zero-order valence-corrected chi connectivity index (χ0v) is 24.2. The van der Waals surface area contributed by atoms with Gasteiger partial charge < -0.3 is 24.4 Å². The number of carbonyl (C=O) groups is 3. The Hall–Kier alpha value is -2.19. The number of likely N-dealkylation sites (tertiary alicyclic amines) is 1. The summed E-state index contributed by atoms with van der Waals surface area (Å²) in [6.07, 6.45) is 6.80. The number of fused-ring (bicyclic) bond motifs is 1. The van der Waals surface area contributed by atoms with Crippen molar-refractivity contribution in [1.29, 1.82) is 0 Å². The van der Waals surface area contributed by atoms with E-state index >= 15 is 0 Å². The molecule has 0 aliphatic carbocycles. The maximum atomic E-state index is 14.6. The number of rotatable bonds is 14. The van der Waals surface area contributed by atoms with Crippen LogP contribution >= 0.6 is 0 Å². The lowest BCUT2D eigenvalue weighted by atomic mass is 9.62. The van der Waals surface area contributed by atoms with Crippen LogP contribution in [-0.2, 0) is 23.9 Å². The standard InChI is InChI=1S/C30H48N2O6/c1-9-13-16-37-28(36)24-23-26(34)32(22(18-33)19(5)12-4)25(30(23)17-20(6)29(24,8)38-30)27(35)31(15-11-3)21(7)14-10-2/h9,11,19-25,33H,1,3,10,12-18H2,2,4-8H3/t19-,20?,21?,22-,23-,24-,25?,29+,30?/m0/s1. The van der Waals surface area contributed by atoms with Crippen molar-refractivity contribution in [1.82, 2.24) is 9.80 Å². The summed E-state index contributed by atoms with van der Waals surface area (Å²) in [5, 5.41) is 10.5. The number of aliphatic hydroxyl groups is 1. The van der Waals surface area contributed by atoms with Crippen LogP contribution in [0.5, 0.6) is 0 Å². The van der Waals surface area contributed by atoms with Crippen LogP contribution in [0.15, 0.2) is 25.3 Å². The van der Waals surface area contributed by atoms with Crippen molar-refractivity contribution in [2.75, 3.05) is 19.8 Å². The summed E-state index contributed by atoms with van der Waals surface area (Å²) < 4.78 is 12.4. The van der Waals surface area contributed by atoms with E-state index in [1.165, 1.54) is 0 Å². The van der Waals surface area contributed by atoms with Crippen LogP contribution in [0.2, 0.25) is 0 Å². The second kappa shape index (κ2) is 11.9. The molecule has 1 N–H and O–H groups in total. The van der Waals surface area contributed by atoms with Gasteiger partial charge in [0, 0.05) is 12.6 Å². The molecule has 8 heteroatoms. The summed E-state index contributed by atoms with van der Waals surface area (Å²) >= 11 is 0. The minimum absolute atomic E-state index is 0.0569. The number of esters is 1. The topological polar surface area (TPSA) is 96.4 Å². The van der Waals surface area contributed by atoms with Crippen molar-refractivity contribution in [2.45, 2.75) is 103 Å². The van der Waals surface area contributed by atoms with Crippen molar-refractivity contribution in [3.05, 3.63) is 25.3 Å². The predicted octanol–water partition coefficient (Wildman–Crippen LogP) is 3.73. The molecule has 214 valence electrons. The van der Waals surface area contributed by atoms with E-state index in [4.69, 9.17) is 9.47 Å². The maximum Gasteiger partial charge on any atom is 0.312 e. The number of ether oxygens (including phenoxy) is 2. The van der Waals surface area contributed by atoms with Gasteiger partial charge in [0.15, 0.2) is 0 Å². The molecule has 3 rings (SSSR count). The van der Waals surface area contributed by atoms with Crippen LogP contribution in [0, 0.1) is 23.7 Å². The summed E-state index contributed by atoms with van der Waals surface area (Å²) in [5.41, 5.74) is -2.10. The van der Waals surface area contributed by atoms with Gasteiger partial charge in [0.05, 0.1) is 30.8 Å². The van der Waals surface area contributed by atoms with E-state index in [-0.39, 0.29) is 42.9 Å². The zero-order valence-electron chi connectivity index (χ0n) is 24.2. The van der Waals surface area contributed by atoms with Crippen molar-refractivity contribution in [2.24, 2.45) is 23.7 Å². The first-order chi connectivity index (χ1) is 18.0. The highest BCUT2D eigenvalue weighted by Gasteiger charge is 2.81. The summed E-state index contributed by atoms with van der Waals surface area (Å²) in [6.45, 7) is 19.8. The average molecular weight is 533 g/mol. The molecule has 2 bridgehead atoms. The van der Waals surface area contributed by atoms with Crippen LogP contribution in [0.25, 0.3) is 0 Å². The fraction of sp³-hybridized carbons (Fsp3) is 0.767. The van der Waals surface area contributed by atoms with Gasteiger partial charge in [-0.15, -0.1) is 13.2 Å². The van der Waals surface area contributed by atoms with Crippen LogP contribution in [0.3, 0.4) is 0 Å². The monoisotopic (exact) mass is 532 g/mol. The van der Waals surface area contributed by atoms with Crippen LogP contribution < -0.4 is 0 Å². The van der Waals surface area contributed by atoms with Crippen molar-refractivity contribution in [3.63, 3.8) is 0 Å². The maximum absolute atomic E-state index is 14.6. The van der Waals surface area contributed by atoms with Crippen LogP contribution in [-0.4, -0.2) is 81.8 Å². The molecule has 3 saturated heterocycles. The number of carbonyl (C=O) groups excluding carboxylic acids is 3. The third-order valence-electron chi connectivity index (χ3n) is 9.50. The number of hydrogen-bond acceptors (Lipinski definition) is 6. The molecule has 2 amide bonds. The van der Waals surface area contributed by atoms with Gasteiger partial charge in [-0.1, -0.05) is 52.7 Å². The number of aliphatic hydroxyl groups excluding tert-OH is 1. The summed E-state index contributed by atoms with van der Waals surface area (Å²) in [6, 6.07) is -1.59. The molecule has 8 nitrogen and oxygen atoms in total. The SMILES string of the molecule is C=CCCOC(=O)[C@@H]1[C@H]2C(=O)N([C@@H](CO)[C@@H](C)CC)C(C(=O)N(CC=C)C(C)CCC)C23CC(C)[C@@]1(C)O3. The molecule has 0 radical (unpaired) electrons. The highest BCUT2D eigenvalue weighted by atomic mass is 16.6. The molecule has 9 atom stereocenters. The van der Waals surface area contributed by atoms with E-state index in [1.54, 1.807) is 22.0 Å². The quantitative estimate of drug-likeness (QED) is 0.208. The lowest BCUT2D eigenvalue weighted by Gasteiger charge is -2.42.